The molecule has 0 heterocycles. The van der Waals surface area contributed by atoms with Crippen molar-refractivity contribution in [2.24, 2.45) is 0 Å². The van der Waals surface area contributed by atoms with Crippen molar-refractivity contribution in [2.45, 2.75) is 51.7 Å². The molecule has 0 spiro atoms. The van der Waals surface area contributed by atoms with Crippen molar-refractivity contribution in [2.75, 3.05) is 6.61 Å². The molecule has 1 N–H and O–H groups in total. The van der Waals surface area contributed by atoms with Crippen LogP contribution in [-0.2, 0) is 11.2 Å². The van der Waals surface area contributed by atoms with Gasteiger partial charge in [0.05, 0.1) is 0 Å². The molecule has 0 radical (unpaired) electrons. The molecule has 0 saturated heterocycles. The lowest BCUT2D eigenvalue weighted by atomic mass is 10.0. The summed E-state index contributed by atoms with van der Waals surface area (Å²) in [6.45, 7) is 2.86. The van der Waals surface area contributed by atoms with Gasteiger partial charge in [-0.1, -0.05) is 68.7 Å². The Bertz CT molecular complexity index is 531. The van der Waals surface area contributed by atoms with Crippen LogP contribution >= 0.6 is 0 Å². The van der Waals surface area contributed by atoms with Crippen molar-refractivity contribution in [1.82, 2.24) is 0 Å². The minimum atomic E-state index is -0.648. The van der Waals surface area contributed by atoms with E-state index in [0.717, 1.165) is 12.8 Å². The Balaban J connectivity index is 1.79. The summed E-state index contributed by atoms with van der Waals surface area (Å²) in [7, 11) is 0. The quantitative estimate of drug-likeness (QED) is 0.535. The van der Waals surface area contributed by atoms with Gasteiger partial charge >= 0.3 is 0 Å². The fourth-order valence-electron chi connectivity index (χ4n) is 2.62. The second-order valence-corrected chi connectivity index (χ2v) is 5.56. The number of ether oxygens (including phenoxy) is 1. The monoisotopic (exact) mass is 286 g/mol. The molecule has 2 aromatic carbocycles. The summed E-state index contributed by atoms with van der Waals surface area (Å²) in [5.41, 5.74) is 1.28. The molecule has 1 atom stereocenters. The summed E-state index contributed by atoms with van der Waals surface area (Å²) >= 11 is 0. The summed E-state index contributed by atoms with van der Waals surface area (Å²) in [4.78, 5) is 0. The minimum Gasteiger partial charge on any atom is -0.368 e. The normalized spacial score (nSPS) is 12.7. The molecule has 0 fully saturated rings. The largest absolute Gasteiger partial charge is 0.368 e. The van der Waals surface area contributed by atoms with Crippen LogP contribution in [0, 0.1) is 0 Å². The van der Waals surface area contributed by atoms with Gasteiger partial charge in [0.15, 0.2) is 6.29 Å². The Labute approximate surface area is 127 Å². The Morgan fingerprint density at radius 1 is 1.00 bits per heavy atom. The van der Waals surface area contributed by atoms with Gasteiger partial charge in [-0.25, -0.2) is 0 Å². The first-order chi connectivity index (χ1) is 10.3. The van der Waals surface area contributed by atoms with Crippen molar-refractivity contribution < 1.29 is 9.84 Å². The molecule has 21 heavy (non-hydrogen) atoms. The van der Waals surface area contributed by atoms with E-state index in [2.05, 4.69) is 49.4 Å². The summed E-state index contributed by atoms with van der Waals surface area (Å²) in [6.07, 6.45) is 5.55. The Morgan fingerprint density at radius 3 is 2.67 bits per heavy atom. The molecule has 2 rings (SSSR count). The molecule has 0 aliphatic rings. The van der Waals surface area contributed by atoms with E-state index in [1.807, 2.05) is 0 Å². The molecule has 2 aromatic rings. The summed E-state index contributed by atoms with van der Waals surface area (Å²) in [5.74, 6) is 0. The number of hydrogen-bond acceptors (Lipinski definition) is 2. The van der Waals surface area contributed by atoms with Crippen LogP contribution < -0.4 is 0 Å². The molecule has 2 heteroatoms. The van der Waals surface area contributed by atoms with Crippen molar-refractivity contribution in [1.29, 1.82) is 0 Å². The van der Waals surface area contributed by atoms with Crippen LogP contribution in [0.15, 0.2) is 42.5 Å². The fraction of sp³-hybridized carbons (Fsp3) is 0.474. The molecule has 0 saturated carbocycles. The molecule has 0 bridgehead atoms. The second-order valence-electron chi connectivity index (χ2n) is 5.56. The van der Waals surface area contributed by atoms with Gasteiger partial charge < -0.3 is 9.84 Å². The first-order valence-corrected chi connectivity index (χ1v) is 8.07. The third kappa shape index (κ3) is 5.14. The number of rotatable bonds is 9. The number of hydrogen-bond donors (Lipinski definition) is 1. The molecule has 0 aromatic heterocycles. The molecule has 2 nitrogen and oxygen atoms in total. The zero-order chi connectivity index (χ0) is 14.9. The lowest BCUT2D eigenvalue weighted by molar-refractivity contribution is -0.103. The summed E-state index contributed by atoms with van der Waals surface area (Å²) in [6, 6.07) is 14.7. The van der Waals surface area contributed by atoms with Gasteiger partial charge in [-0.15, -0.1) is 0 Å². The molecular formula is C19H26O2. The molecule has 0 amide bonds. The average Bonchev–Trinajstić information content (AvgIpc) is 2.52. The van der Waals surface area contributed by atoms with E-state index in [-0.39, 0.29) is 0 Å². The first kappa shape index (κ1) is 16.0. The van der Waals surface area contributed by atoms with Crippen molar-refractivity contribution in [3.63, 3.8) is 0 Å². The van der Waals surface area contributed by atoms with Crippen LogP contribution in [0.4, 0.5) is 0 Å². The van der Waals surface area contributed by atoms with E-state index >= 15 is 0 Å². The smallest absolute Gasteiger partial charge is 0.154 e. The van der Waals surface area contributed by atoms with E-state index in [0.29, 0.717) is 13.0 Å². The third-order valence-corrected chi connectivity index (χ3v) is 3.85. The van der Waals surface area contributed by atoms with Gasteiger partial charge in [0.2, 0.25) is 0 Å². The van der Waals surface area contributed by atoms with Gasteiger partial charge in [-0.2, -0.15) is 0 Å². The fourth-order valence-corrected chi connectivity index (χ4v) is 2.62. The zero-order valence-corrected chi connectivity index (χ0v) is 12.9. The number of benzene rings is 2. The lowest BCUT2D eigenvalue weighted by Gasteiger charge is -2.13. The van der Waals surface area contributed by atoms with Crippen LogP contribution in [-0.4, -0.2) is 18.0 Å². The highest BCUT2D eigenvalue weighted by molar-refractivity contribution is 5.85. The predicted molar refractivity (Wildman–Crippen MR) is 88.4 cm³/mol. The highest BCUT2D eigenvalue weighted by Gasteiger charge is 2.06. The van der Waals surface area contributed by atoms with Crippen LogP contribution in [0.1, 0.15) is 44.6 Å². The van der Waals surface area contributed by atoms with Crippen molar-refractivity contribution in [3.8, 4) is 0 Å². The number of aryl methyl sites for hydroxylation is 1. The van der Waals surface area contributed by atoms with Crippen LogP contribution in [0.5, 0.6) is 0 Å². The predicted octanol–water partition coefficient (Wildman–Crippen LogP) is 4.69. The van der Waals surface area contributed by atoms with E-state index < -0.39 is 6.29 Å². The van der Waals surface area contributed by atoms with E-state index in [9.17, 15) is 5.11 Å². The number of aliphatic hydroxyl groups excluding tert-OH is 1. The highest BCUT2D eigenvalue weighted by atomic mass is 16.6. The molecule has 114 valence electrons. The zero-order valence-electron chi connectivity index (χ0n) is 12.9. The van der Waals surface area contributed by atoms with E-state index in [4.69, 9.17) is 4.74 Å². The van der Waals surface area contributed by atoms with Crippen LogP contribution in [0.2, 0.25) is 0 Å². The Morgan fingerprint density at radius 2 is 1.81 bits per heavy atom. The minimum absolute atomic E-state index is 0.648. The van der Waals surface area contributed by atoms with Gasteiger partial charge in [0, 0.05) is 13.0 Å². The molecule has 1 unspecified atom stereocenters. The Hall–Kier alpha value is -1.38. The standard InChI is InChI=1S/C19H26O2/c1-2-3-4-7-15-21-19(20)14-13-17-11-8-10-16-9-5-6-12-18(16)17/h5-6,8-12,19-20H,2-4,7,13-15H2,1H3. The topological polar surface area (TPSA) is 29.5 Å². The number of aliphatic hydroxyl groups is 1. The summed E-state index contributed by atoms with van der Waals surface area (Å²) in [5, 5.41) is 12.4. The molecule has 0 aliphatic heterocycles. The maximum absolute atomic E-state index is 9.92. The number of fused-ring (bicyclic) bond motifs is 1. The molecular weight excluding hydrogens is 260 g/mol. The lowest BCUT2D eigenvalue weighted by Crippen LogP contribution is -2.14. The van der Waals surface area contributed by atoms with Crippen molar-refractivity contribution in [3.05, 3.63) is 48.0 Å². The maximum atomic E-state index is 9.92. The second kappa shape index (κ2) is 8.81. The SMILES string of the molecule is CCCCCCOC(O)CCc1cccc2ccccc12. The van der Waals surface area contributed by atoms with E-state index in [1.165, 1.54) is 35.6 Å². The van der Waals surface area contributed by atoms with Gasteiger partial charge in [0.1, 0.15) is 0 Å². The van der Waals surface area contributed by atoms with Crippen LogP contribution in [0.3, 0.4) is 0 Å². The van der Waals surface area contributed by atoms with E-state index in [1.54, 1.807) is 0 Å². The highest BCUT2D eigenvalue weighted by Crippen LogP contribution is 2.20. The van der Waals surface area contributed by atoms with Crippen LogP contribution in [0.25, 0.3) is 10.8 Å². The van der Waals surface area contributed by atoms with Gasteiger partial charge in [-0.05, 0) is 29.2 Å². The maximum Gasteiger partial charge on any atom is 0.154 e. The summed E-state index contributed by atoms with van der Waals surface area (Å²) < 4.78 is 5.48. The molecule has 0 aliphatic carbocycles. The van der Waals surface area contributed by atoms with Gasteiger partial charge in [-0.3, -0.25) is 0 Å². The van der Waals surface area contributed by atoms with Crippen molar-refractivity contribution >= 4 is 10.8 Å². The third-order valence-electron chi connectivity index (χ3n) is 3.85. The first-order valence-electron chi connectivity index (χ1n) is 8.07. The average molecular weight is 286 g/mol. The Kier molecular flexibility index (Phi) is 6.71. The number of unbranched alkanes of at least 4 members (excludes halogenated alkanes) is 3. The van der Waals surface area contributed by atoms with Gasteiger partial charge in [0.25, 0.3) is 0 Å².